The van der Waals surface area contributed by atoms with Gasteiger partial charge in [0.1, 0.15) is 24.1 Å². The molecule has 1 aliphatic heterocycles. The largest absolute Gasteiger partial charge is 1.00 e. The molecule has 13 heteroatoms. The van der Waals surface area contributed by atoms with Crippen LogP contribution < -0.4 is 45.9 Å². The molecule has 1 saturated heterocycles. The predicted molar refractivity (Wildman–Crippen MR) is 64.6 cm³/mol. The first-order chi connectivity index (χ1) is 9.69. The fourth-order valence-corrected chi connectivity index (χ4v) is 2.22. The van der Waals surface area contributed by atoms with Crippen LogP contribution in [0.1, 0.15) is 6.23 Å². The predicted octanol–water partition coefficient (Wildman–Crippen LogP) is -6.07. The fraction of sp³-hybridized carbons (Fsp3) is 0.556. The van der Waals surface area contributed by atoms with Gasteiger partial charge in [-0.15, -0.1) is 0 Å². The van der Waals surface area contributed by atoms with Crippen molar-refractivity contribution in [2.75, 3.05) is 12.3 Å². The number of anilines is 1. The minimum atomic E-state index is -4.99. The first-order valence-electron chi connectivity index (χ1n) is 5.73. The Kier molecular flexibility index (Phi) is 6.72. The van der Waals surface area contributed by atoms with E-state index >= 15 is 0 Å². The van der Waals surface area contributed by atoms with E-state index in [0.29, 0.717) is 0 Å². The van der Waals surface area contributed by atoms with E-state index in [9.17, 15) is 24.5 Å². The van der Waals surface area contributed by atoms with E-state index in [-0.39, 0.29) is 35.4 Å². The zero-order valence-electron chi connectivity index (χ0n) is 11.5. The molecular weight excluding hydrogens is 332 g/mol. The van der Waals surface area contributed by atoms with Crippen molar-refractivity contribution in [1.29, 1.82) is 0 Å². The number of aliphatic hydroxyl groups is 2. The average Bonchev–Trinajstić information content (AvgIpc) is 2.64. The molecule has 5 N–H and O–H groups in total. The summed E-state index contributed by atoms with van der Waals surface area (Å²) in [5, 5.41) is 19.6. The Labute approximate surface area is 146 Å². The van der Waals surface area contributed by atoms with E-state index in [1.807, 2.05) is 0 Å². The van der Waals surface area contributed by atoms with Crippen molar-refractivity contribution < 1.29 is 63.4 Å². The summed E-state index contributed by atoms with van der Waals surface area (Å²) in [6.07, 6.45) is -4.39. The van der Waals surface area contributed by atoms with Crippen LogP contribution in [0.4, 0.5) is 5.82 Å². The van der Waals surface area contributed by atoms with Crippen molar-refractivity contribution in [3.8, 4) is 0 Å². The van der Waals surface area contributed by atoms with Crippen molar-refractivity contribution in [2.45, 2.75) is 24.5 Å². The molecule has 0 spiro atoms. The number of ether oxygens (including phenoxy) is 1. The van der Waals surface area contributed by atoms with E-state index in [4.69, 9.17) is 15.4 Å². The second-order valence-corrected chi connectivity index (χ2v) is 5.55. The molecule has 0 radical (unpaired) electrons. The van der Waals surface area contributed by atoms with Gasteiger partial charge in [0.15, 0.2) is 6.23 Å². The van der Waals surface area contributed by atoms with Crippen LogP contribution in [0.5, 0.6) is 0 Å². The summed E-state index contributed by atoms with van der Waals surface area (Å²) in [4.78, 5) is 34.1. The van der Waals surface area contributed by atoms with E-state index in [2.05, 4.69) is 9.51 Å². The summed E-state index contributed by atoms with van der Waals surface area (Å²) >= 11 is 0. The summed E-state index contributed by atoms with van der Waals surface area (Å²) in [6.45, 7) is -0.719. The second kappa shape index (κ2) is 7.49. The minimum Gasteiger partial charge on any atom is -0.756 e. The molecule has 0 saturated carbocycles. The fourth-order valence-electron chi connectivity index (χ4n) is 1.88. The van der Waals surface area contributed by atoms with Crippen LogP contribution in [-0.2, 0) is 13.8 Å². The Bertz CT molecular complexity index is 621. The van der Waals surface area contributed by atoms with Gasteiger partial charge in [0, 0.05) is 6.20 Å². The maximum Gasteiger partial charge on any atom is 1.00 e. The Balaban J connectivity index is 0.00000242. The van der Waals surface area contributed by atoms with Crippen LogP contribution in [0, 0.1) is 0 Å². The molecule has 2 heterocycles. The Morgan fingerprint density at radius 2 is 2.14 bits per heavy atom. The van der Waals surface area contributed by atoms with Crippen molar-refractivity contribution in [2.24, 2.45) is 0 Å². The quantitative estimate of drug-likeness (QED) is 0.303. The molecule has 0 bridgehead atoms. The normalized spacial score (nSPS) is 30.5. The molecule has 1 aliphatic rings. The number of aromatic nitrogens is 2. The number of hydrogen-bond acceptors (Lipinski definition) is 9. The topological polar surface area (TPSA) is 180 Å². The standard InChI is InChI=1S/C9H14N3O8P.Na/c10-5-1-2-12(9(15)11-5)8-7(14)6(13)4(20-8)3-19-21(16,17)18;/h1-2,4,6-8,13-14H,3H2,(H2,10,11,15)(H2,16,17,18);/q;+1/p-1/t4-,6-,7+,8?;/m0./s1. The Morgan fingerprint density at radius 3 is 2.68 bits per heavy atom. The zero-order valence-corrected chi connectivity index (χ0v) is 14.4. The minimum absolute atomic E-state index is 0. The smallest absolute Gasteiger partial charge is 0.756 e. The molecule has 2 unspecified atom stereocenters. The van der Waals surface area contributed by atoms with Crippen molar-refractivity contribution in [1.82, 2.24) is 9.55 Å². The molecule has 1 aromatic rings. The molecule has 5 atom stereocenters. The van der Waals surface area contributed by atoms with Gasteiger partial charge in [0.25, 0.3) is 7.82 Å². The molecule has 1 aromatic heterocycles. The summed E-state index contributed by atoms with van der Waals surface area (Å²) < 4.78 is 20.7. The van der Waals surface area contributed by atoms with Crippen LogP contribution in [-0.4, -0.2) is 49.6 Å². The molecule has 1 fully saturated rings. The summed E-state index contributed by atoms with van der Waals surface area (Å²) in [5.41, 5.74) is 4.50. The summed E-state index contributed by atoms with van der Waals surface area (Å²) in [7, 11) is -4.99. The van der Waals surface area contributed by atoms with Gasteiger partial charge in [-0.25, -0.2) is 4.79 Å². The van der Waals surface area contributed by atoms with Crippen molar-refractivity contribution in [3.05, 3.63) is 22.7 Å². The molecule has 2 rings (SSSR count). The van der Waals surface area contributed by atoms with Gasteiger partial charge in [0.05, 0.1) is 6.61 Å². The number of nitrogens with zero attached hydrogens (tertiary/aromatic N) is 2. The van der Waals surface area contributed by atoms with Gasteiger partial charge in [-0.05, 0) is 6.07 Å². The molecule has 0 aromatic carbocycles. The van der Waals surface area contributed by atoms with E-state index in [1.54, 1.807) is 0 Å². The zero-order chi connectivity index (χ0) is 15.8. The second-order valence-electron chi connectivity index (χ2n) is 4.35. The molecule has 0 aliphatic carbocycles. The van der Waals surface area contributed by atoms with Gasteiger partial charge >= 0.3 is 35.2 Å². The van der Waals surface area contributed by atoms with Crippen molar-refractivity contribution in [3.63, 3.8) is 0 Å². The van der Waals surface area contributed by atoms with Gasteiger partial charge < -0.3 is 35.0 Å². The van der Waals surface area contributed by atoms with Crippen LogP contribution in [0.2, 0.25) is 0 Å². The number of nitrogens with two attached hydrogens (primary N) is 1. The number of hydrogen-bond donors (Lipinski definition) is 4. The van der Waals surface area contributed by atoms with Gasteiger partial charge in [-0.3, -0.25) is 9.13 Å². The van der Waals surface area contributed by atoms with Gasteiger partial charge in [-0.1, -0.05) is 0 Å². The van der Waals surface area contributed by atoms with E-state index < -0.39 is 44.7 Å². The van der Waals surface area contributed by atoms with Crippen LogP contribution >= 0.6 is 7.82 Å². The average molecular weight is 345 g/mol. The summed E-state index contributed by atoms with van der Waals surface area (Å²) in [5.74, 6) is -0.0308. The van der Waals surface area contributed by atoms with Crippen molar-refractivity contribution >= 4 is 13.6 Å². The first-order valence-corrected chi connectivity index (χ1v) is 7.23. The molecular formula is C9H13N3NaO8P. The van der Waals surface area contributed by atoms with Crippen LogP contribution in [0.25, 0.3) is 0 Å². The third-order valence-corrected chi connectivity index (χ3v) is 3.34. The Morgan fingerprint density at radius 1 is 1.50 bits per heavy atom. The van der Waals surface area contributed by atoms with Crippen LogP contribution in [0.15, 0.2) is 17.1 Å². The summed E-state index contributed by atoms with van der Waals surface area (Å²) in [6, 6.07) is 1.28. The van der Waals surface area contributed by atoms with Gasteiger partial charge in [-0.2, -0.15) is 4.98 Å². The maximum atomic E-state index is 11.6. The third kappa shape index (κ3) is 4.59. The number of rotatable bonds is 4. The monoisotopic (exact) mass is 345 g/mol. The third-order valence-electron chi connectivity index (χ3n) is 2.86. The van der Waals surface area contributed by atoms with E-state index in [0.717, 1.165) is 4.57 Å². The number of aliphatic hydroxyl groups excluding tert-OH is 2. The molecule has 118 valence electrons. The first kappa shape index (κ1) is 19.7. The molecule has 0 amide bonds. The SMILES string of the molecule is Nc1ccn(C2O[C@@H](COP(=O)([O-])O)[C@H](O)[C@H]2O)c(=O)n1.[Na+]. The maximum absolute atomic E-state index is 11.6. The number of phosphoric ester groups is 1. The van der Waals surface area contributed by atoms with Gasteiger partial charge in [0.2, 0.25) is 0 Å². The Hall–Kier alpha value is -0.330. The number of nitrogen functional groups attached to an aromatic ring is 1. The number of phosphoric acid groups is 1. The van der Waals surface area contributed by atoms with E-state index in [1.165, 1.54) is 12.3 Å². The molecule has 22 heavy (non-hydrogen) atoms. The molecule has 11 nitrogen and oxygen atoms in total. The van der Waals surface area contributed by atoms with Crippen LogP contribution in [0.3, 0.4) is 0 Å².